The van der Waals surface area contributed by atoms with Crippen molar-refractivity contribution in [1.82, 2.24) is 10.6 Å². The topological polar surface area (TPSA) is 53.5 Å². The highest BCUT2D eigenvalue weighted by molar-refractivity contribution is 6.09. The summed E-state index contributed by atoms with van der Waals surface area (Å²) in [5, 5.41) is 6.21. The fraction of sp³-hybridized carbons (Fsp3) is 0.846. The van der Waals surface area contributed by atoms with Gasteiger partial charge in [-0.25, -0.2) is 0 Å². The zero-order chi connectivity index (χ0) is 12.6. The van der Waals surface area contributed by atoms with Crippen LogP contribution in [-0.4, -0.2) is 23.4 Å². The Labute approximate surface area is 103 Å². The minimum Gasteiger partial charge on any atom is -0.342 e. The van der Waals surface area contributed by atoms with Gasteiger partial charge in [0.1, 0.15) is 5.54 Å². The molecule has 1 spiro atoms. The molecule has 96 valence electrons. The van der Waals surface area contributed by atoms with Crippen LogP contribution in [0.15, 0.2) is 4.99 Å². The summed E-state index contributed by atoms with van der Waals surface area (Å²) in [6.07, 6.45) is 2.94. The summed E-state index contributed by atoms with van der Waals surface area (Å²) >= 11 is 0. The molecule has 4 nitrogen and oxygen atoms in total. The van der Waals surface area contributed by atoms with Gasteiger partial charge < -0.3 is 5.32 Å². The number of nitrogens with zero attached hydrogens (tertiary/aromatic N) is 1. The normalized spacial score (nSPS) is 39.8. The van der Waals surface area contributed by atoms with Gasteiger partial charge in [0.05, 0.1) is 0 Å². The molecule has 1 saturated carbocycles. The van der Waals surface area contributed by atoms with Gasteiger partial charge in [-0.15, -0.1) is 0 Å². The Balaban J connectivity index is 2.14. The van der Waals surface area contributed by atoms with E-state index in [9.17, 15) is 4.79 Å². The summed E-state index contributed by atoms with van der Waals surface area (Å²) in [7, 11) is 0. The minimum absolute atomic E-state index is 0.107. The highest BCUT2D eigenvalue weighted by Gasteiger charge is 2.48. The number of amides is 1. The lowest BCUT2D eigenvalue weighted by Gasteiger charge is -2.38. The van der Waals surface area contributed by atoms with Gasteiger partial charge in [-0.1, -0.05) is 13.8 Å². The van der Waals surface area contributed by atoms with Crippen LogP contribution in [0.3, 0.4) is 0 Å². The van der Waals surface area contributed by atoms with Gasteiger partial charge in [0.15, 0.2) is 5.96 Å². The van der Waals surface area contributed by atoms with E-state index in [1.807, 2.05) is 13.8 Å². The fourth-order valence-corrected chi connectivity index (χ4v) is 2.80. The number of nitrogens with one attached hydrogen (secondary N) is 2. The van der Waals surface area contributed by atoms with Crippen LogP contribution in [0.5, 0.6) is 0 Å². The third-order valence-electron chi connectivity index (χ3n) is 4.08. The largest absolute Gasteiger partial charge is 0.342 e. The molecule has 3 unspecified atom stereocenters. The second-order valence-corrected chi connectivity index (χ2v) is 5.93. The predicted octanol–water partition coefficient (Wildman–Crippen LogP) is 1.67. The molecule has 1 heterocycles. The molecular weight excluding hydrogens is 214 g/mol. The highest BCUT2D eigenvalue weighted by atomic mass is 16.2. The van der Waals surface area contributed by atoms with Gasteiger partial charge in [0.2, 0.25) is 0 Å². The van der Waals surface area contributed by atoms with Crippen LogP contribution in [0.1, 0.15) is 47.0 Å². The SMILES string of the molecule is CC(C)N=C1NC(=O)C2(CCC(C)C(C)C2)N1. The van der Waals surface area contributed by atoms with Gasteiger partial charge in [-0.3, -0.25) is 15.1 Å². The molecule has 0 aromatic carbocycles. The van der Waals surface area contributed by atoms with Gasteiger partial charge >= 0.3 is 0 Å². The van der Waals surface area contributed by atoms with Crippen molar-refractivity contribution in [2.24, 2.45) is 16.8 Å². The summed E-state index contributed by atoms with van der Waals surface area (Å²) < 4.78 is 0. The second kappa shape index (κ2) is 4.31. The molecule has 3 atom stereocenters. The molecule has 2 aliphatic rings. The molecule has 0 aromatic heterocycles. The van der Waals surface area contributed by atoms with Crippen molar-refractivity contribution in [3.05, 3.63) is 0 Å². The molecule has 4 heteroatoms. The summed E-state index contributed by atoms with van der Waals surface area (Å²) in [5.41, 5.74) is -0.389. The lowest BCUT2D eigenvalue weighted by Crippen LogP contribution is -2.51. The van der Waals surface area contributed by atoms with E-state index in [-0.39, 0.29) is 17.5 Å². The predicted molar refractivity (Wildman–Crippen MR) is 68.8 cm³/mol. The molecule has 17 heavy (non-hydrogen) atoms. The van der Waals surface area contributed by atoms with E-state index in [4.69, 9.17) is 0 Å². The average molecular weight is 237 g/mol. The van der Waals surface area contributed by atoms with Crippen molar-refractivity contribution in [2.75, 3.05) is 0 Å². The van der Waals surface area contributed by atoms with Gasteiger partial charge in [0.25, 0.3) is 5.91 Å². The smallest absolute Gasteiger partial charge is 0.252 e. The third kappa shape index (κ3) is 2.31. The lowest BCUT2D eigenvalue weighted by atomic mass is 9.71. The van der Waals surface area contributed by atoms with Crippen LogP contribution in [0.25, 0.3) is 0 Å². The Morgan fingerprint density at radius 2 is 2.06 bits per heavy atom. The van der Waals surface area contributed by atoms with E-state index < -0.39 is 0 Å². The van der Waals surface area contributed by atoms with Crippen LogP contribution in [0.2, 0.25) is 0 Å². The number of aliphatic imine (C=N–C) groups is 1. The van der Waals surface area contributed by atoms with Gasteiger partial charge in [-0.2, -0.15) is 0 Å². The van der Waals surface area contributed by atoms with Crippen LogP contribution in [0.4, 0.5) is 0 Å². The molecule has 1 saturated heterocycles. The molecule has 0 bridgehead atoms. The van der Waals surface area contributed by atoms with E-state index in [0.29, 0.717) is 17.8 Å². The lowest BCUT2D eigenvalue weighted by molar-refractivity contribution is -0.126. The van der Waals surface area contributed by atoms with E-state index in [1.54, 1.807) is 0 Å². The number of hydrogen-bond acceptors (Lipinski definition) is 2. The molecule has 2 fully saturated rings. The van der Waals surface area contributed by atoms with Crippen LogP contribution < -0.4 is 10.6 Å². The molecule has 0 aromatic rings. The molecular formula is C13H23N3O. The molecule has 0 radical (unpaired) electrons. The Morgan fingerprint density at radius 1 is 1.35 bits per heavy atom. The quantitative estimate of drug-likeness (QED) is 0.729. The Bertz CT molecular complexity index is 351. The number of guanidine groups is 1. The van der Waals surface area contributed by atoms with Crippen LogP contribution >= 0.6 is 0 Å². The average Bonchev–Trinajstić information content (AvgIpc) is 2.49. The van der Waals surface area contributed by atoms with Gasteiger partial charge in [-0.05, 0) is 44.9 Å². The molecule has 2 N–H and O–H groups in total. The Kier molecular flexibility index (Phi) is 3.15. The van der Waals surface area contributed by atoms with Crippen molar-refractivity contribution in [1.29, 1.82) is 0 Å². The van der Waals surface area contributed by atoms with Crippen LogP contribution in [0, 0.1) is 11.8 Å². The van der Waals surface area contributed by atoms with E-state index in [2.05, 4.69) is 29.5 Å². The fourth-order valence-electron chi connectivity index (χ4n) is 2.80. The summed E-state index contributed by atoms with van der Waals surface area (Å²) in [5.74, 6) is 2.06. The first-order valence-electron chi connectivity index (χ1n) is 6.60. The van der Waals surface area contributed by atoms with Crippen molar-refractivity contribution in [3.8, 4) is 0 Å². The van der Waals surface area contributed by atoms with Gasteiger partial charge in [0, 0.05) is 6.04 Å². The third-order valence-corrected chi connectivity index (χ3v) is 4.08. The molecule has 1 aliphatic carbocycles. The Morgan fingerprint density at radius 3 is 2.65 bits per heavy atom. The number of hydrogen-bond donors (Lipinski definition) is 2. The second-order valence-electron chi connectivity index (χ2n) is 5.93. The maximum absolute atomic E-state index is 12.1. The van der Waals surface area contributed by atoms with Crippen molar-refractivity contribution in [2.45, 2.75) is 58.5 Å². The van der Waals surface area contributed by atoms with Crippen molar-refractivity contribution >= 4 is 11.9 Å². The zero-order valence-electron chi connectivity index (χ0n) is 11.2. The zero-order valence-corrected chi connectivity index (χ0v) is 11.2. The van der Waals surface area contributed by atoms with Crippen molar-refractivity contribution < 1.29 is 4.79 Å². The Hall–Kier alpha value is -1.06. The summed E-state index contributed by atoms with van der Waals surface area (Å²) in [6.45, 7) is 8.53. The maximum Gasteiger partial charge on any atom is 0.252 e. The minimum atomic E-state index is -0.389. The highest BCUT2D eigenvalue weighted by Crippen LogP contribution is 2.37. The first-order chi connectivity index (χ1) is 7.93. The first kappa shape index (κ1) is 12.4. The monoisotopic (exact) mass is 237 g/mol. The molecule has 1 aliphatic heterocycles. The number of rotatable bonds is 1. The molecule has 1 amide bonds. The first-order valence-corrected chi connectivity index (χ1v) is 6.60. The standard InChI is InChI=1S/C13H23N3O/c1-8(2)14-12-15-11(17)13(16-12)6-5-9(3)10(4)7-13/h8-10H,5-7H2,1-4H3,(H2,14,15,16,17). The molecule has 2 rings (SSSR count). The number of carbonyl (C=O) groups excluding carboxylic acids is 1. The summed E-state index contributed by atoms with van der Waals surface area (Å²) in [4.78, 5) is 16.5. The van der Waals surface area contributed by atoms with E-state index >= 15 is 0 Å². The van der Waals surface area contributed by atoms with E-state index in [1.165, 1.54) is 0 Å². The summed E-state index contributed by atoms with van der Waals surface area (Å²) in [6, 6.07) is 0.202. The van der Waals surface area contributed by atoms with Crippen LogP contribution in [-0.2, 0) is 4.79 Å². The van der Waals surface area contributed by atoms with Crippen molar-refractivity contribution in [3.63, 3.8) is 0 Å². The van der Waals surface area contributed by atoms with E-state index in [0.717, 1.165) is 19.3 Å². The number of carbonyl (C=O) groups is 1. The maximum atomic E-state index is 12.1.